The molecular weight excluding hydrogens is 248 g/mol. The lowest BCUT2D eigenvalue weighted by atomic mass is 10.2. The van der Waals surface area contributed by atoms with Crippen LogP contribution in [0, 0.1) is 0 Å². The number of benzene rings is 1. The number of rotatable bonds is 2. The van der Waals surface area contributed by atoms with Gasteiger partial charge in [0.15, 0.2) is 5.96 Å². The molecule has 2 N–H and O–H groups in total. The first kappa shape index (κ1) is 13.0. The van der Waals surface area contributed by atoms with Crippen molar-refractivity contribution in [3.63, 3.8) is 0 Å². The largest absolute Gasteiger partial charge is 0.359 e. The molecule has 6 heteroatoms. The average Bonchev–Trinajstić information content (AvgIpc) is 2.46. The minimum absolute atomic E-state index is 0.744. The summed E-state index contributed by atoms with van der Waals surface area (Å²) < 4.78 is 5.30. The van der Waals surface area contributed by atoms with Crippen molar-refractivity contribution in [1.82, 2.24) is 10.6 Å². The fourth-order valence-electron chi connectivity index (χ4n) is 1.75. The number of nitrogens with zero attached hydrogens (tertiary/aromatic N) is 2. The lowest BCUT2D eigenvalue weighted by Crippen LogP contribution is -2.32. The predicted octanol–water partition coefficient (Wildman–Crippen LogP) is 1.56. The zero-order chi connectivity index (χ0) is 12.8. The van der Waals surface area contributed by atoms with Crippen LogP contribution in [-0.2, 0) is 4.18 Å². The molecule has 0 unspecified atom stereocenters. The average molecular weight is 266 g/mol. The van der Waals surface area contributed by atoms with E-state index in [1.165, 1.54) is 12.0 Å². The summed E-state index contributed by atoms with van der Waals surface area (Å²) in [5.74, 6) is 1.59. The molecule has 1 heterocycles. The molecule has 0 aliphatic carbocycles. The number of aliphatic imine (C=N–C) groups is 1. The summed E-state index contributed by atoms with van der Waals surface area (Å²) in [7, 11) is 3.70. The highest BCUT2D eigenvalue weighted by Crippen LogP contribution is 2.30. The molecule has 0 atom stereocenters. The number of anilines is 1. The first-order valence-electron chi connectivity index (χ1n) is 5.87. The maximum atomic E-state index is 5.30. The second kappa shape index (κ2) is 6.51. The van der Waals surface area contributed by atoms with E-state index in [1.807, 2.05) is 32.3 Å². The van der Waals surface area contributed by atoms with Crippen LogP contribution in [0.4, 0.5) is 11.4 Å². The minimum Gasteiger partial charge on any atom is -0.359 e. The minimum atomic E-state index is 0.744. The summed E-state index contributed by atoms with van der Waals surface area (Å²) in [6, 6.07) is 8.14. The lowest BCUT2D eigenvalue weighted by Gasteiger charge is -2.28. The Morgan fingerprint density at radius 2 is 2.11 bits per heavy atom. The van der Waals surface area contributed by atoms with Gasteiger partial charge in [-0.2, -0.15) is 0 Å². The highest BCUT2D eigenvalue weighted by molar-refractivity contribution is 7.94. The number of guanidine groups is 1. The summed E-state index contributed by atoms with van der Waals surface area (Å²) in [6.45, 7) is 1.64. The summed E-state index contributed by atoms with van der Waals surface area (Å²) >= 11 is 1.48. The Bertz CT molecular complexity index is 412. The third-order valence-corrected chi connectivity index (χ3v) is 3.42. The molecule has 98 valence electrons. The third-order valence-electron chi connectivity index (χ3n) is 2.66. The Kier molecular flexibility index (Phi) is 4.72. The zero-order valence-electron chi connectivity index (χ0n) is 10.6. The molecule has 1 aromatic carbocycles. The molecule has 0 amide bonds. The predicted molar refractivity (Wildman–Crippen MR) is 77.4 cm³/mol. The maximum Gasteiger partial charge on any atom is 0.196 e. The van der Waals surface area contributed by atoms with E-state index >= 15 is 0 Å². The molecule has 0 spiro atoms. The normalized spacial score (nSPS) is 15.1. The van der Waals surface area contributed by atoms with Crippen molar-refractivity contribution in [3.05, 3.63) is 24.3 Å². The van der Waals surface area contributed by atoms with Crippen molar-refractivity contribution in [2.45, 2.75) is 0 Å². The van der Waals surface area contributed by atoms with Crippen LogP contribution in [0.1, 0.15) is 0 Å². The van der Waals surface area contributed by atoms with Crippen molar-refractivity contribution in [3.8, 4) is 0 Å². The van der Waals surface area contributed by atoms with E-state index in [4.69, 9.17) is 4.18 Å². The van der Waals surface area contributed by atoms with Gasteiger partial charge in [0.2, 0.25) is 0 Å². The lowest BCUT2D eigenvalue weighted by molar-refractivity contribution is 0.367. The molecule has 0 radical (unpaired) electrons. The highest BCUT2D eigenvalue weighted by Gasteiger charge is 2.15. The van der Waals surface area contributed by atoms with Gasteiger partial charge in [-0.05, 0) is 12.1 Å². The van der Waals surface area contributed by atoms with Gasteiger partial charge in [-0.25, -0.2) is 4.99 Å². The number of nitrogens with one attached hydrogen (secondary N) is 2. The third kappa shape index (κ3) is 3.08. The van der Waals surface area contributed by atoms with Crippen molar-refractivity contribution < 1.29 is 4.18 Å². The van der Waals surface area contributed by atoms with Gasteiger partial charge in [0.1, 0.15) is 0 Å². The Balaban J connectivity index is 2.27. The second-order valence-electron chi connectivity index (χ2n) is 3.78. The van der Waals surface area contributed by atoms with E-state index in [1.54, 1.807) is 0 Å². The Morgan fingerprint density at radius 3 is 2.78 bits per heavy atom. The van der Waals surface area contributed by atoms with E-state index in [-0.39, 0.29) is 0 Å². The van der Waals surface area contributed by atoms with Crippen LogP contribution in [0.3, 0.4) is 0 Å². The number of hydrogen-bond acceptors (Lipinski definition) is 4. The molecule has 0 saturated carbocycles. The van der Waals surface area contributed by atoms with Crippen LogP contribution in [0.25, 0.3) is 0 Å². The topological polar surface area (TPSA) is 48.9 Å². The van der Waals surface area contributed by atoms with E-state index in [0.717, 1.165) is 36.4 Å². The van der Waals surface area contributed by atoms with Gasteiger partial charge in [0.25, 0.3) is 0 Å². The fourth-order valence-corrected chi connectivity index (χ4v) is 2.41. The summed E-state index contributed by atoms with van der Waals surface area (Å²) in [5, 5.41) is 6.04. The molecule has 1 fully saturated rings. The Hall–Kier alpha value is -1.40. The van der Waals surface area contributed by atoms with Gasteiger partial charge in [0.05, 0.1) is 23.9 Å². The molecule has 1 saturated heterocycles. The van der Waals surface area contributed by atoms with Gasteiger partial charge in [-0.3, -0.25) is 0 Å². The summed E-state index contributed by atoms with van der Waals surface area (Å²) in [5.41, 5.74) is 2.09. The Morgan fingerprint density at radius 1 is 1.33 bits per heavy atom. The van der Waals surface area contributed by atoms with Crippen LogP contribution in [0.5, 0.6) is 0 Å². The van der Waals surface area contributed by atoms with Gasteiger partial charge < -0.3 is 19.7 Å². The molecule has 1 aliphatic rings. The maximum absolute atomic E-state index is 5.30. The van der Waals surface area contributed by atoms with E-state index in [2.05, 4.69) is 26.6 Å². The Labute approximate surface area is 112 Å². The summed E-state index contributed by atoms with van der Waals surface area (Å²) in [4.78, 5) is 6.85. The van der Waals surface area contributed by atoms with Gasteiger partial charge in [-0.15, -0.1) is 0 Å². The van der Waals surface area contributed by atoms with Gasteiger partial charge in [0, 0.05) is 32.7 Å². The molecule has 5 nitrogen and oxygen atoms in total. The van der Waals surface area contributed by atoms with E-state index in [0.29, 0.717) is 0 Å². The standard InChI is InChI=1S/C12H18N4OS/c1-13-12(14-2)15-10-5-3-4-6-11(10)16-7-8-17-18-9-16/h3-6H,7-9H2,1-2H3,(H2,13,14,15). The smallest absolute Gasteiger partial charge is 0.196 e. The molecule has 18 heavy (non-hydrogen) atoms. The van der Waals surface area contributed by atoms with Gasteiger partial charge >= 0.3 is 0 Å². The molecular formula is C12H18N4OS. The molecule has 0 bridgehead atoms. The van der Waals surface area contributed by atoms with Crippen LogP contribution in [0.15, 0.2) is 29.3 Å². The van der Waals surface area contributed by atoms with Crippen LogP contribution in [0.2, 0.25) is 0 Å². The van der Waals surface area contributed by atoms with Gasteiger partial charge in [-0.1, -0.05) is 12.1 Å². The molecule has 1 aliphatic heterocycles. The first-order chi connectivity index (χ1) is 8.85. The van der Waals surface area contributed by atoms with Crippen molar-refractivity contribution in [2.75, 3.05) is 38.0 Å². The first-order valence-corrected chi connectivity index (χ1v) is 6.79. The second-order valence-corrected chi connectivity index (χ2v) is 4.51. The van der Waals surface area contributed by atoms with Crippen molar-refractivity contribution in [1.29, 1.82) is 0 Å². The van der Waals surface area contributed by atoms with E-state index in [9.17, 15) is 0 Å². The van der Waals surface area contributed by atoms with Crippen LogP contribution in [-0.4, -0.2) is 39.1 Å². The molecule has 0 aromatic heterocycles. The number of para-hydroxylation sites is 2. The van der Waals surface area contributed by atoms with Crippen molar-refractivity contribution >= 4 is 29.4 Å². The quantitative estimate of drug-likeness (QED) is 0.483. The van der Waals surface area contributed by atoms with E-state index < -0.39 is 0 Å². The zero-order valence-corrected chi connectivity index (χ0v) is 11.5. The van der Waals surface area contributed by atoms with Crippen LogP contribution >= 0.6 is 12.0 Å². The highest BCUT2D eigenvalue weighted by atomic mass is 32.2. The molecule has 1 aromatic rings. The van der Waals surface area contributed by atoms with Crippen LogP contribution < -0.4 is 15.5 Å². The monoisotopic (exact) mass is 266 g/mol. The molecule has 2 rings (SSSR count). The van der Waals surface area contributed by atoms with Crippen molar-refractivity contribution in [2.24, 2.45) is 4.99 Å². The summed E-state index contributed by atoms with van der Waals surface area (Å²) in [6.07, 6.45) is 0. The fraction of sp³-hybridized carbons (Fsp3) is 0.417. The number of hydrogen-bond donors (Lipinski definition) is 2. The SMILES string of the molecule is CNC(=Nc1ccccc1N1CCOSC1)NC.